The molecule has 0 unspecified atom stereocenters. The minimum atomic E-state index is -0.205. The van der Waals surface area contributed by atoms with Crippen LogP contribution in [0.25, 0.3) is 6.08 Å². The van der Waals surface area contributed by atoms with E-state index in [1.165, 1.54) is 6.08 Å². The van der Waals surface area contributed by atoms with Crippen molar-refractivity contribution in [2.75, 3.05) is 25.6 Å². The van der Waals surface area contributed by atoms with Crippen molar-refractivity contribution in [2.45, 2.75) is 26.7 Å². The fourth-order valence-electron chi connectivity index (χ4n) is 2.39. The number of amides is 1. The van der Waals surface area contributed by atoms with E-state index >= 15 is 0 Å². The molecule has 2 aromatic carbocycles. The molecule has 0 saturated heterocycles. The zero-order valence-corrected chi connectivity index (χ0v) is 16.2. The molecule has 0 aliphatic carbocycles. The van der Waals surface area contributed by atoms with Gasteiger partial charge in [0.25, 0.3) is 0 Å². The molecule has 2 aromatic rings. The first-order valence-electron chi connectivity index (χ1n) is 9.19. The van der Waals surface area contributed by atoms with Crippen LogP contribution in [-0.2, 0) is 4.79 Å². The summed E-state index contributed by atoms with van der Waals surface area (Å²) in [6.07, 6.45) is 5.35. The van der Waals surface area contributed by atoms with Gasteiger partial charge in [0.15, 0.2) is 11.5 Å². The van der Waals surface area contributed by atoms with Crippen molar-refractivity contribution >= 4 is 17.7 Å². The maximum atomic E-state index is 12.1. The molecular weight excluding hydrogens is 342 g/mol. The predicted octanol–water partition coefficient (Wildman–Crippen LogP) is 4.92. The fraction of sp³-hybridized carbons (Fsp3) is 0.318. The number of nitrogens with one attached hydrogen (secondary N) is 1. The smallest absolute Gasteiger partial charge is 0.248 e. The first kappa shape index (κ1) is 20.4. The average molecular weight is 369 g/mol. The SMILES string of the molecule is CCCCOc1ccc(NC(=O)/C=C/c2ccc(OC)c(OCC)c2)cc1. The van der Waals surface area contributed by atoms with Crippen LogP contribution < -0.4 is 19.5 Å². The van der Waals surface area contributed by atoms with Crippen LogP contribution in [0.5, 0.6) is 17.2 Å². The number of methoxy groups -OCH3 is 1. The van der Waals surface area contributed by atoms with Crippen LogP contribution in [0.1, 0.15) is 32.3 Å². The van der Waals surface area contributed by atoms with E-state index < -0.39 is 0 Å². The van der Waals surface area contributed by atoms with Crippen LogP contribution in [0.3, 0.4) is 0 Å². The highest BCUT2D eigenvalue weighted by atomic mass is 16.5. The normalized spacial score (nSPS) is 10.6. The lowest BCUT2D eigenvalue weighted by Crippen LogP contribution is -2.07. The van der Waals surface area contributed by atoms with E-state index in [9.17, 15) is 4.79 Å². The number of benzene rings is 2. The average Bonchev–Trinajstić information content (AvgIpc) is 2.68. The number of hydrogen-bond acceptors (Lipinski definition) is 4. The highest BCUT2D eigenvalue weighted by molar-refractivity contribution is 6.01. The third-order valence-electron chi connectivity index (χ3n) is 3.80. The third-order valence-corrected chi connectivity index (χ3v) is 3.80. The summed E-state index contributed by atoms with van der Waals surface area (Å²) in [5.74, 6) is 1.92. The predicted molar refractivity (Wildman–Crippen MR) is 109 cm³/mol. The number of rotatable bonds is 10. The van der Waals surface area contributed by atoms with Crippen LogP contribution in [0, 0.1) is 0 Å². The molecule has 0 radical (unpaired) electrons. The van der Waals surface area contributed by atoms with Crippen molar-refractivity contribution in [1.82, 2.24) is 0 Å². The van der Waals surface area contributed by atoms with Gasteiger partial charge in [-0.2, -0.15) is 0 Å². The molecule has 0 aliphatic rings. The zero-order valence-electron chi connectivity index (χ0n) is 16.2. The molecule has 27 heavy (non-hydrogen) atoms. The molecule has 0 bridgehead atoms. The Hall–Kier alpha value is -2.95. The summed E-state index contributed by atoms with van der Waals surface area (Å²) in [4.78, 5) is 12.1. The molecule has 0 saturated carbocycles. The first-order chi connectivity index (χ1) is 13.2. The molecule has 5 nitrogen and oxygen atoms in total. The second-order valence-electron chi connectivity index (χ2n) is 5.89. The van der Waals surface area contributed by atoms with Crippen LogP contribution in [0.15, 0.2) is 48.5 Å². The van der Waals surface area contributed by atoms with Gasteiger partial charge >= 0.3 is 0 Å². The lowest BCUT2D eigenvalue weighted by molar-refractivity contribution is -0.111. The van der Waals surface area contributed by atoms with Crippen molar-refractivity contribution in [3.8, 4) is 17.2 Å². The minimum Gasteiger partial charge on any atom is -0.494 e. The number of hydrogen-bond donors (Lipinski definition) is 1. The third kappa shape index (κ3) is 6.70. The summed E-state index contributed by atoms with van der Waals surface area (Å²) in [5, 5.41) is 2.83. The van der Waals surface area contributed by atoms with Crippen LogP contribution in [0.2, 0.25) is 0 Å². The minimum absolute atomic E-state index is 0.205. The Morgan fingerprint density at radius 2 is 1.81 bits per heavy atom. The van der Waals surface area contributed by atoms with Crippen molar-refractivity contribution < 1.29 is 19.0 Å². The molecule has 0 aromatic heterocycles. The summed E-state index contributed by atoms with van der Waals surface area (Å²) in [5.41, 5.74) is 1.58. The van der Waals surface area contributed by atoms with Gasteiger partial charge in [-0.3, -0.25) is 4.79 Å². The molecule has 0 atom stereocenters. The maximum Gasteiger partial charge on any atom is 0.248 e. The summed E-state index contributed by atoms with van der Waals surface area (Å²) >= 11 is 0. The Balaban J connectivity index is 1.94. The topological polar surface area (TPSA) is 56.8 Å². The van der Waals surface area contributed by atoms with E-state index in [1.807, 2.05) is 49.4 Å². The molecule has 144 valence electrons. The summed E-state index contributed by atoms with van der Waals surface area (Å²) in [6.45, 7) is 5.29. The molecule has 0 aliphatic heterocycles. The first-order valence-corrected chi connectivity index (χ1v) is 9.19. The van der Waals surface area contributed by atoms with Crippen LogP contribution in [-0.4, -0.2) is 26.2 Å². The van der Waals surface area contributed by atoms with Gasteiger partial charge in [-0.15, -0.1) is 0 Å². The molecule has 0 heterocycles. The Bertz CT molecular complexity index is 753. The van der Waals surface area contributed by atoms with Gasteiger partial charge in [-0.05, 0) is 61.4 Å². The van der Waals surface area contributed by atoms with Crippen molar-refractivity contribution in [1.29, 1.82) is 0 Å². The van der Waals surface area contributed by atoms with Gasteiger partial charge in [0.2, 0.25) is 5.91 Å². The van der Waals surface area contributed by atoms with Crippen molar-refractivity contribution in [3.63, 3.8) is 0 Å². The summed E-state index contributed by atoms with van der Waals surface area (Å²) < 4.78 is 16.4. The lowest BCUT2D eigenvalue weighted by atomic mass is 10.2. The van der Waals surface area contributed by atoms with Crippen molar-refractivity contribution in [3.05, 3.63) is 54.1 Å². The van der Waals surface area contributed by atoms with E-state index in [2.05, 4.69) is 12.2 Å². The lowest BCUT2D eigenvalue weighted by Gasteiger charge is -2.09. The highest BCUT2D eigenvalue weighted by Gasteiger charge is 2.04. The Kier molecular flexibility index (Phi) is 8.23. The standard InChI is InChI=1S/C22H27NO4/c1-4-6-15-27-19-11-9-18(10-12-19)23-22(24)14-8-17-7-13-20(25-3)21(16-17)26-5-2/h7-14,16H,4-6,15H2,1-3H3,(H,23,24)/b14-8+. The number of carbonyl (C=O) groups is 1. The number of anilines is 1. The molecule has 5 heteroatoms. The van der Waals surface area contributed by atoms with E-state index in [-0.39, 0.29) is 5.91 Å². The van der Waals surface area contributed by atoms with Gasteiger partial charge in [0.05, 0.1) is 20.3 Å². The Morgan fingerprint density at radius 1 is 1.04 bits per heavy atom. The number of carbonyl (C=O) groups excluding carboxylic acids is 1. The molecular formula is C22H27NO4. The number of unbranched alkanes of at least 4 members (excludes halogenated alkanes) is 1. The molecule has 0 spiro atoms. The van der Waals surface area contributed by atoms with Crippen LogP contribution in [0.4, 0.5) is 5.69 Å². The Labute approximate surface area is 161 Å². The fourth-order valence-corrected chi connectivity index (χ4v) is 2.39. The quantitative estimate of drug-likeness (QED) is 0.477. The molecule has 2 rings (SSSR count). The van der Waals surface area contributed by atoms with E-state index in [1.54, 1.807) is 13.2 Å². The Morgan fingerprint density at radius 3 is 2.48 bits per heavy atom. The second kappa shape index (κ2) is 10.9. The van der Waals surface area contributed by atoms with Crippen molar-refractivity contribution in [2.24, 2.45) is 0 Å². The monoisotopic (exact) mass is 369 g/mol. The van der Waals surface area contributed by atoms with Gasteiger partial charge in [0, 0.05) is 11.8 Å². The largest absolute Gasteiger partial charge is 0.494 e. The molecule has 0 fully saturated rings. The number of ether oxygens (including phenoxy) is 3. The van der Waals surface area contributed by atoms with Crippen LogP contribution >= 0.6 is 0 Å². The second-order valence-corrected chi connectivity index (χ2v) is 5.89. The van der Waals surface area contributed by atoms with Gasteiger partial charge in [-0.25, -0.2) is 0 Å². The summed E-state index contributed by atoms with van der Waals surface area (Å²) in [6, 6.07) is 12.9. The maximum absolute atomic E-state index is 12.1. The van der Waals surface area contributed by atoms with Gasteiger partial charge < -0.3 is 19.5 Å². The molecule has 1 amide bonds. The molecule has 1 N–H and O–H groups in total. The highest BCUT2D eigenvalue weighted by Crippen LogP contribution is 2.28. The van der Waals surface area contributed by atoms with E-state index in [0.717, 1.165) is 29.8 Å². The van der Waals surface area contributed by atoms with Gasteiger partial charge in [0.1, 0.15) is 5.75 Å². The van der Waals surface area contributed by atoms with E-state index in [0.29, 0.717) is 24.7 Å². The summed E-state index contributed by atoms with van der Waals surface area (Å²) in [7, 11) is 1.60. The zero-order chi connectivity index (χ0) is 19.5. The van der Waals surface area contributed by atoms with E-state index in [4.69, 9.17) is 14.2 Å². The van der Waals surface area contributed by atoms with Gasteiger partial charge in [-0.1, -0.05) is 19.4 Å².